The highest BCUT2D eigenvalue weighted by Crippen LogP contribution is 2.24. The predicted octanol–water partition coefficient (Wildman–Crippen LogP) is 4.95. The summed E-state index contributed by atoms with van der Waals surface area (Å²) in [6.07, 6.45) is 0.335. The molecule has 4 nitrogen and oxygen atoms in total. The number of carbonyl (C=O) groups is 2. The Balaban J connectivity index is 2.06. The third-order valence-electron chi connectivity index (χ3n) is 4.36. The lowest BCUT2D eigenvalue weighted by Gasteiger charge is -2.28. The van der Waals surface area contributed by atoms with E-state index in [1.807, 2.05) is 37.3 Å². The molecule has 0 fully saturated rings. The number of nitrogens with zero attached hydrogens (tertiary/aromatic N) is 1. The van der Waals surface area contributed by atoms with Crippen LogP contribution in [0.15, 0.2) is 47.4 Å². The summed E-state index contributed by atoms with van der Waals surface area (Å²) in [4.78, 5) is 27.7. The van der Waals surface area contributed by atoms with Crippen LogP contribution in [-0.2, 0) is 16.1 Å². The lowest BCUT2D eigenvalue weighted by Crippen LogP contribution is -2.46. The Bertz CT molecular complexity index is 828. The van der Waals surface area contributed by atoms with E-state index in [1.54, 1.807) is 42.8 Å². The van der Waals surface area contributed by atoms with Crippen LogP contribution in [0.3, 0.4) is 0 Å². The van der Waals surface area contributed by atoms with Crippen molar-refractivity contribution in [2.45, 2.75) is 37.8 Å². The van der Waals surface area contributed by atoms with Crippen LogP contribution in [0.2, 0.25) is 10.0 Å². The van der Waals surface area contributed by atoms with Crippen LogP contribution in [0.5, 0.6) is 0 Å². The lowest BCUT2D eigenvalue weighted by molar-refractivity contribution is -0.140. The fourth-order valence-corrected chi connectivity index (χ4v) is 3.82. The summed E-state index contributed by atoms with van der Waals surface area (Å²) in [5, 5.41) is 3.49. The van der Waals surface area contributed by atoms with Crippen molar-refractivity contribution in [2.75, 3.05) is 12.8 Å². The summed E-state index contributed by atoms with van der Waals surface area (Å²) >= 11 is 13.7. The molecule has 0 unspecified atom stereocenters. The van der Waals surface area contributed by atoms with Crippen molar-refractivity contribution >= 4 is 46.8 Å². The minimum atomic E-state index is -0.587. The Morgan fingerprint density at radius 2 is 1.79 bits per heavy atom. The molecule has 0 saturated carbocycles. The standard InChI is InChI=1S/C21H24Cl2N2O2S/c1-14-4-7-17(8-5-14)28-11-10-20(26)25(15(2)21(27)24-3)13-16-6-9-18(22)19(23)12-16/h4-9,12,15H,10-11,13H2,1-3H3,(H,24,27)/t15-/m0/s1. The quantitative estimate of drug-likeness (QED) is 0.593. The summed E-state index contributed by atoms with van der Waals surface area (Å²) in [6.45, 7) is 4.06. The first-order valence-corrected chi connectivity index (χ1v) is 10.7. The number of halogens is 2. The van der Waals surface area contributed by atoms with Crippen LogP contribution >= 0.6 is 35.0 Å². The topological polar surface area (TPSA) is 49.4 Å². The molecular formula is C21H24Cl2N2O2S. The number of amides is 2. The van der Waals surface area contributed by atoms with Crippen molar-refractivity contribution in [1.29, 1.82) is 0 Å². The van der Waals surface area contributed by atoms with E-state index < -0.39 is 6.04 Å². The second kappa shape index (κ2) is 10.7. The van der Waals surface area contributed by atoms with Gasteiger partial charge in [-0.1, -0.05) is 47.0 Å². The van der Waals surface area contributed by atoms with Gasteiger partial charge in [0.2, 0.25) is 11.8 Å². The van der Waals surface area contributed by atoms with Crippen molar-refractivity contribution in [3.63, 3.8) is 0 Å². The van der Waals surface area contributed by atoms with Gasteiger partial charge in [-0.15, -0.1) is 11.8 Å². The van der Waals surface area contributed by atoms with Gasteiger partial charge in [-0.05, 0) is 43.7 Å². The van der Waals surface area contributed by atoms with Gasteiger partial charge >= 0.3 is 0 Å². The van der Waals surface area contributed by atoms with E-state index in [4.69, 9.17) is 23.2 Å². The summed E-state index contributed by atoms with van der Waals surface area (Å²) in [7, 11) is 1.56. The highest BCUT2D eigenvalue weighted by atomic mass is 35.5. The number of hydrogen-bond acceptors (Lipinski definition) is 3. The highest BCUT2D eigenvalue weighted by molar-refractivity contribution is 7.99. The maximum atomic E-state index is 12.9. The molecule has 0 aliphatic carbocycles. The Labute approximate surface area is 180 Å². The normalized spacial score (nSPS) is 11.8. The van der Waals surface area contributed by atoms with Crippen LogP contribution in [0.25, 0.3) is 0 Å². The average molecular weight is 439 g/mol. The van der Waals surface area contributed by atoms with E-state index >= 15 is 0 Å². The van der Waals surface area contributed by atoms with Crippen LogP contribution in [0.4, 0.5) is 0 Å². The second-order valence-electron chi connectivity index (χ2n) is 6.47. The van der Waals surface area contributed by atoms with E-state index in [0.717, 1.165) is 10.5 Å². The Morgan fingerprint density at radius 1 is 1.11 bits per heavy atom. The van der Waals surface area contributed by atoms with Gasteiger partial charge in [0.15, 0.2) is 0 Å². The third-order valence-corrected chi connectivity index (χ3v) is 6.11. The summed E-state index contributed by atoms with van der Waals surface area (Å²) < 4.78 is 0. The first-order chi connectivity index (χ1) is 13.3. The lowest BCUT2D eigenvalue weighted by atomic mass is 10.1. The number of nitrogens with one attached hydrogen (secondary N) is 1. The van der Waals surface area contributed by atoms with Crippen molar-refractivity contribution in [3.05, 3.63) is 63.6 Å². The van der Waals surface area contributed by atoms with Crippen LogP contribution in [0.1, 0.15) is 24.5 Å². The zero-order valence-corrected chi connectivity index (χ0v) is 18.5. The van der Waals surface area contributed by atoms with Crippen LogP contribution in [0, 0.1) is 6.92 Å². The fourth-order valence-electron chi connectivity index (χ4n) is 2.66. The average Bonchev–Trinajstić information content (AvgIpc) is 2.69. The van der Waals surface area contributed by atoms with Crippen molar-refractivity contribution in [1.82, 2.24) is 10.2 Å². The van der Waals surface area contributed by atoms with E-state index in [-0.39, 0.29) is 11.8 Å². The van der Waals surface area contributed by atoms with Crippen molar-refractivity contribution in [3.8, 4) is 0 Å². The zero-order chi connectivity index (χ0) is 20.7. The fraction of sp³-hybridized carbons (Fsp3) is 0.333. The molecule has 7 heteroatoms. The molecule has 0 aromatic heterocycles. The molecule has 0 heterocycles. The van der Waals surface area contributed by atoms with E-state index in [1.165, 1.54) is 5.56 Å². The van der Waals surface area contributed by atoms with Gasteiger partial charge in [0.1, 0.15) is 6.04 Å². The number of benzene rings is 2. The first-order valence-electron chi connectivity index (χ1n) is 8.96. The van der Waals surface area contributed by atoms with Gasteiger partial charge in [-0.25, -0.2) is 0 Å². The molecule has 2 aromatic rings. The second-order valence-corrected chi connectivity index (χ2v) is 8.45. The van der Waals surface area contributed by atoms with Gasteiger partial charge in [0.05, 0.1) is 10.0 Å². The number of likely N-dealkylation sites (N-methyl/N-ethyl adjacent to an activating group) is 1. The molecule has 0 radical (unpaired) electrons. The monoisotopic (exact) mass is 438 g/mol. The third kappa shape index (κ3) is 6.43. The molecule has 1 atom stereocenters. The molecular weight excluding hydrogens is 415 g/mol. The minimum Gasteiger partial charge on any atom is -0.357 e. The van der Waals surface area contributed by atoms with Gasteiger partial charge < -0.3 is 10.2 Å². The molecule has 0 aliphatic heterocycles. The van der Waals surface area contributed by atoms with Gasteiger partial charge in [-0.2, -0.15) is 0 Å². The SMILES string of the molecule is CNC(=O)[C@H](C)N(Cc1ccc(Cl)c(Cl)c1)C(=O)CCSc1ccc(C)cc1. The van der Waals surface area contributed by atoms with E-state index in [2.05, 4.69) is 5.32 Å². The van der Waals surface area contributed by atoms with E-state index in [9.17, 15) is 9.59 Å². The van der Waals surface area contributed by atoms with Crippen molar-refractivity contribution < 1.29 is 9.59 Å². The predicted molar refractivity (Wildman–Crippen MR) is 117 cm³/mol. The summed E-state index contributed by atoms with van der Waals surface area (Å²) in [5.74, 6) is 0.349. The number of thioether (sulfide) groups is 1. The minimum absolute atomic E-state index is 0.0817. The molecule has 0 aliphatic rings. The van der Waals surface area contributed by atoms with E-state index in [0.29, 0.717) is 28.8 Å². The molecule has 2 aromatic carbocycles. The van der Waals surface area contributed by atoms with Crippen molar-refractivity contribution in [2.24, 2.45) is 0 Å². The summed E-state index contributed by atoms with van der Waals surface area (Å²) in [5.41, 5.74) is 2.03. The molecule has 1 N–H and O–H groups in total. The number of aryl methyl sites for hydroxylation is 1. The smallest absolute Gasteiger partial charge is 0.242 e. The van der Waals surface area contributed by atoms with Crippen LogP contribution < -0.4 is 5.32 Å². The first kappa shape index (κ1) is 22.6. The molecule has 0 spiro atoms. The molecule has 28 heavy (non-hydrogen) atoms. The maximum Gasteiger partial charge on any atom is 0.242 e. The molecule has 0 bridgehead atoms. The van der Waals surface area contributed by atoms with Gasteiger partial charge in [0.25, 0.3) is 0 Å². The Hall–Kier alpha value is -1.69. The largest absolute Gasteiger partial charge is 0.357 e. The van der Waals surface area contributed by atoms with Crippen LogP contribution in [-0.4, -0.2) is 35.6 Å². The zero-order valence-electron chi connectivity index (χ0n) is 16.2. The summed E-state index contributed by atoms with van der Waals surface area (Å²) in [6, 6.07) is 12.8. The molecule has 2 amide bonds. The Kier molecular flexibility index (Phi) is 8.67. The molecule has 0 saturated heterocycles. The molecule has 2 rings (SSSR count). The van der Waals surface area contributed by atoms with Gasteiger partial charge in [-0.3, -0.25) is 9.59 Å². The number of rotatable bonds is 8. The highest BCUT2D eigenvalue weighted by Gasteiger charge is 2.25. The Morgan fingerprint density at radius 3 is 2.39 bits per heavy atom. The maximum absolute atomic E-state index is 12.9. The number of carbonyl (C=O) groups excluding carboxylic acids is 2. The molecule has 150 valence electrons. The number of hydrogen-bond donors (Lipinski definition) is 1. The van der Waals surface area contributed by atoms with Gasteiger partial charge in [0, 0.05) is 30.7 Å².